The van der Waals surface area contributed by atoms with Crippen LogP contribution in [-0.4, -0.2) is 41.1 Å². The highest BCUT2D eigenvalue weighted by Gasteiger charge is 2.09. The van der Waals surface area contributed by atoms with Crippen LogP contribution in [-0.2, 0) is 11.2 Å². The molecule has 1 heterocycles. The van der Waals surface area contributed by atoms with Crippen molar-refractivity contribution in [1.29, 1.82) is 0 Å². The van der Waals surface area contributed by atoms with Gasteiger partial charge in [0.2, 0.25) is 5.91 Å². The van der Waals surface area contributed by atoms with Gasteiger partial charge in [0.25, 0.3) is 0 Å². The second-order valence-corrected chi connectivity index (χ2v) is 7.12. The van der Waals surface area contributed by atoms with Gasteiger partial charge >= 0.3 is 0 Å². The molecule has 3 aromatic rings. The van der Waals surface area contributed by atoms with Gasteiger partial charge in [0.1, 0.15) is 5.82 Å². The van der Waals surface area contributed by atoms with Crippen LogP contribution in [0.5, 0.6) is 0 Å². The van der Waals surface area contributed by atoms with E-state index in [0.29, 0.717) is 6.54 Å². The monoisotopic (exact) mass is 416 g/mol. The Bertz CT molecular complexity index is 988. The zero-order chi connectivity index (χ0) is 21.5. The number of hydrogen-bond acceptors (Lipinski definition) is 3. The molecule has 0 aliphatic rings. The van der Waals surface area contributed by atoms with Crippen LogP contribution in [0.3, 0.4) is 0 Å². The summed E-state index contributed by atoms with van der Waals surface area (Å²) in [6.45, 7) is 1.32. The summed E-state index contributed by atoms with van der Waals surface area (Å²) >= 11 is 0. The number of nitrogens with zero attached hydrogens (tertiary/aromatic N) is 2. The van der Waals surface area contributed by atoms with Crippen LogP contribution >= 0.6 is 0 Å². The number of aryl methyl sites for hydroxylation is 1. The van der Waals surface area contributed by atoms with Crippen LogP contribution in [0.25, 0.3) is 11.3 Å². The molecule has 30 heavy (non-hydrogen) atoms. The number of carbonyl (C=O) groups is 1. The summed E-state index contributed by atoms with van der Waals surface area (Å²) in [5, 5.41) is 9.82. The molecular formula is C22H23F3N4O. The number of H-pyrrole nitrogens is 1. The molecular weight excluding hydrogens is 393 g/mol. The molecule has 0 unspecified atom stereocenters. The highest BCUT2D eigenvalue weighted by Crippen LogP contribution is 2.18. The van der Waals surface area contributed by atoms with Crippen molar-refractivity contribution in [2.45, 2.75) is 19.3 Å². The van der Waals surface area contributed by atoms with E-state index in [4.69, 9.17) is 0 Å². The Morgan fingerprint density at radius 1 is 1.03 bits per heavy atom. The first-order valence-electron chi connectivity index (χ1n) is 9.64. The second-order valence-electron chi connectivity index (χ2n) is 7.12. The lowest BCUT2D eigenvalue weighted by atomic mass is 10.1. The molecule has 0 radical (unpaired) electrons. The van der Waals surface area contributed by atoms with Gasteiger partial charge in [-0.15, -0.1) is 0 Å². The Kier molecular flexibility index (Phi) is 7.24. The average Bonchev–Trinajstić information content (AvgIpc) is 3.19. The minimum absolute atomic E-state index is 0.234. The maximum Gasteiger partial charge on any atom is 0.225 e. The van der Waals surface area contributed by atoms with E-state index < -0.39 is 11.6 Å². The number of anilines is 1. The average molecular weight is 416 g/mol. The zero-order valence-electron chi connectivity index (χ0n) is 16.6. The third-order valence-electron chi connectivity index (χ3n) is 4.68. The van der Waals surface area contributed by atoms with Gasteiger partial charge in [-0.3, -0.25) is 9.89 Å². The molecule has 158 valence electrons. The molecule has 0 saturated carbocycles. The van der Waals surface area contributed by atoms with Crippen LogP contribution in [0.1, 0.15) is 18.5 Å². The first-order valence-corrected chi connectivity index (χ1v) is 9.64. The van der Waals surface area contributed by atoms with Gasteiger partial charge in [0.15, 0.2) is 11.6 Å². The zero-order valence-corrected chi connectivity index (χ0v) is 16.6. The number of nitrogens with one attached hydrogen (secondary N) is 2. The quantitative estimate of drug-likeness (QED) is 0.544. The molecule has 2 aromatic carbocycles. The third-order valence-corrected chi connectivity index (χ3v) is 4.68. The van der Waals surface area contributed by atoms with E-state index in [1.165, 1.54) is 18.2 Å². The summed E-state index contributed by atoms with van der Waals surface area (Å²) < 4.78 is 39.1. The van der Waals surface area contributed by atoms with E-state index in [1.54, 1.807) is 12.1 Å². The highest BCUT2D eigenvalue weighted by molar-refractivity contribution is 5.90. The number of aromatic nitrogens is 2. The van der Waals surface area contributed by atoms with Crippen molar-refractivity contribution >= 4 is 11.6 Å². The maximum atomic E-state index is 13.2. The molecule has 0 aliphatic heterocycles. The van der Waals surface area contributed by atoms with Crippen LogP contribution in [0, 0.1) is 17.5 Å². The van der Waals surface area contributed by atoms with Gasteiger partial charge in [-0.1, -0.05) is 0 Å². The Labute approximate surface area is 172 Å². The lowest BCUT2D eigenvalue weighted by Crippen LogP contribution is -2.25. The molecule has 0 fully saturated rings. The number of benzene rings is 2. The fraction of sp³-hybridized carbons (Fsp3) is 0.273. The predicted octanol–water partition coefficient (Wildman–Crippen LogP) is 4.39. The van der Waals surface area contributed by atoms with E-state index >= 15 is 0 Å². The van der Waals surface area contributed by atoms with Crippen molar-refractivity contribution in [2.24, 2.45) is 0 Å². The van der Waals surface area contributed by atoms with Crippen LogP contribution in [0.15, 0.2) is 48.5 Å². The van der Waals surface area contributed by atoms with Crippen LogP contribution < -0.4 is 5.32 Å². The summed E-state index contributed by atoms with van der Waals surface area (Å²) in [7, 11) is 1.92. The Hall–Kier alpha value is -3.13. The summed E-state index contributed by atoms with van der Waals surface area (Å²) in [5.41, 5.74) is 2.84. The Morgan fingerprint density at radius 2 is 1.80 bits per heavy atom. The molecule has 3 rings (SSSR count). The van der Waals surface area contributed by atoms with Crippen molar-refractivity contribution in [2.75, 3.05) is 25.5 Å². The van der Waals surface area contributed by atoms with E-state index in [2.05, 4.69) is 15.5 Å². The summed E-state index contributed by atoms with van der Waals surface area (Å²) in [5.74, 6) is -2.48. The smallest absolute Gasteiger partial charge is 0.225 e. The normalized spacial score (nSPS) is 11.1. The van der Waals surface area contributed by atoms with E-state index in [1.807, 2.05) is 18.0 Å². The van der Waals surface area contributed by atoms with Crippen LogP contribution in [0.4, 0.5) is 18.9 Å². The maximum absolute atomic E-state index is 13.2. The van der Waals surface area contributed by atoms with Crippen LogP contribution in [0.2, 0.25) is 0 Å². The third kappa shape index (κ3) is 6.18. The number of hydrogen-bond donors (Lipinski definition) is 2. The van der Waals surface area contributed by atoms with Crippen molar-refractivity contribution < 1.29 is 18.0 Å². The molecule has 0 saturated heterocycles. The molecule has 5 nitrogen and oxygen atoms in total. The molecule has 1 amide bonds. The summed E-state index contributed by atoms with van der Waals surface area (Å²) in [6.07, 6.45) is 1.90. The lowest BCUT2D eigenvalue weighted by Gasteiger charge is -2.16. The lowest BCUT2D eigenvalue weighted by molar-refractivity contribution is -0.116. The highest BCUT2D eigenvalue weighted by atomic mass is 19.2. The number of carbonyl (C=O) groups excluding carboxylic acids is 1. The van der Waals surface area contributed by atoms with Gasteiger partial charge < -0.3 is 10.2 Å². The van der Waals surface area contributed by atoms with Gasteiger partial charge in [-0.2, -0.15) is 5.10 Å². The molecule has 1 aromatic heterocycles. The first-order chi connectivity index (χ1) is 14.4. The van der Waals surface area contributed by atoms with E-state index in [-0.39, 0.29) is 23.8 Å². The summed E-state index contributed by atoms with van der Waals surface area (Å²) in [4.78, 5) is 14.0. The second kappa shape index (κ2) is 10.1. The molecule has 0 aliphatic carbocycles. The number of amides is 1. The standard InChI is InChI=1S/C22H23F3N4O/c1-29(12-10-22(30)26-17-8-9-19(24)20(25)13-17)11-2-3-18-14-21(28-27-18)15-4-6-16(23)7-5-15/h4-9,13-14H,2-3,10-12H2,1H3,(H,26,30)(H,27,28). The first kappa shape index (κ1) is 21.6. The largest absolute Gasteiger partial charge is 0.326 e. The van der Waals surface area contributed by atoms with Gasteiger partial charge in [0, 0.05) is 36.0 Å². The number of aromatic amines is 1. The molecule has 0 bridgehead atoms. The van der Waals surface area contributed by atoms with E-state index in [9.17, 15) is 18.0 Å². The van der Waals surface area contributed by atoms with Gasteiger partial charge in [0.05, 0.1) is 5.69 Å². The minimum Gasteiger partial charge on any atom is -0.326 e. The van der Waals surface area contributed by atoms with Crippen molar-refractivity contribution in [3.05, 3.63) is 71.7 Å². The molecule has 0 spiro atoms. The fourth-order valence-electron chi connectivity index (χ4n) is 3.00. The van der Waals surface area contributed by atoms with Crippen molar-refractivity contribution in [3.8, 4) is 11.3 Å². The molecule has 0 atom stereocenters. The SMILES string of the molecule is CN(CCCc1cc(-c2ccc(F)cc2)n[nH]1)CCC(=O)Nc1ccc(F)c(F)c1. The summed E-state index contributed by atoms with van der Waals surface area (Å²) in [6, 6.07) is 11.4. The topological polar surface area (TPSA) is 61.0 Å². The van der Waals surface area contributed by atoms with E-state index in [0.717, 1.165) is 48.5 Å². The number of halogens is 3. The predicted molar refractivity (Wildman–Crippen MR) is 109 cm³/mol. The van der Waals surface area contributed by atoms with Gasteiger partial charge in [-0.25, -0.2) is 13.2 Å². The molecule has 2 N–H and O–H groups in total. The molecule has 8 heteroatoms. The Morgan fingerprint density at radius 3 is 2.53 bits per heavy atom. The minimum atomic E-state index is -0.994. The van der Waals surface area contributed by atoms with Gasteiger partial charge in [-0.05, 0) is 68.9 Å². The Balaban J connectivity index is 1.37. The fourth-order valence-corrected chi connectivity index (χ4v) is 3.00. The van der Waals surface area contributed by atoms with Crippen molar-refractivity contribution in [3.63, 3.8) is 0 Å². The number of rotatable bonds is 9. The van der Waals surface area contributed by atoms with Crippen molar-refractivity contribution in [1.82, 2.24) is 15.1 Å².